The lowest BCUT2D eigenvalue weighted by Gasteiger charge is -2.22. The van der Waals surface area contributed by atoms with Crippen molar-refractivity contribution in [1.29, 1.82) is 0 Å². The van der Waals surface area contributed by atoms with Crippen molar-refractivity contribution >= 4 is 11.5 Å². The Morgan fingerprint density at radius 1 is 1.76 bits per heavy atom. The molecule has 1 aromatic heterocycles. The van der Waals surface area contributed by atoms with E-state index in [4.69, 9.17) is 10.9 Å². The SMILES string of the molecule is CC(C)(CCn1cc([N+](=O)[O-])cn1)/C(N)=N/O. The van der Waals surface area contributed by atoms with Crippen LogP contribution in [0.1, 0.15) is 20.3 Å². The van der Waals surface area contributed by atoms with Gasteiger partial charge in [0.1, 0.15) is 18.2 Å². The van der Waals surface area contributed by atoms with E-state index >= 15 is 0 Å². The number of hydrogen-bond donors (Lipinski definition) is 2. The Morgan fingerprint density at radius 2 is 2.41 bits per heavy atom. The maximum atomic E-state index is 10.5. The molecule has 0 amide bonds. The first-order chi connectivity index (χ1) is 7.86. The molecule has 1 aromatic rings. The number of aryl methyl sites for hydroxylation is 1. The zero-order chi connectivity index (χ0) is 13.1. The number of nitrogens with two attached hydrogens (primary N) is 1. The molecule has 1 rings (SSSR count). The second-order valence-electron chi connectivity index (χ2n) is 4.34. The number of amidine groups is 1. The summed E-state index contributed by atoms with van der Waals surface area (Å²) < 4.78 is 1.46. The Morgan fingerprint density at radius 3 is 2.88 bits per heavy atom. The normalized spacial score (nSPS) is 12.7. The first-order valence-corrected chi connectivity index (χ1v) is 5.01. The van der Waals surface area contributed by atoms with Gasteiger partial charge in [-0.3, -0.25) is 14.8 Å². The van der Waals surface area contributed by atoms with E-state index in [0.29, 0.717) is 13.0 Å². The van der Waals surface area contributed by atoms with Crippen molar-refractivity contribution in [2.24, 2.45) is 16.3 Å². The summed E-state index contributed by atoms with van der Waals surface area (Å²) in [6.07, 6.45) is 3.10. The Balaban J connectivity index is 2.64. The summed E-state index contributed by atoms with van der Waals surface area (Å²) in [7, 11) is 0. The van der Waals surface area contributed by atoms with E-state index in [9.17, 15) is 10.1 Å². The van der Waals surface area contributed by atoms with Crippen molar-refractivity contribution in [3.63, 3.8) is 0 Å². The van der Waals surface area contributed by atoms with Crippen LogP contribution in [0.25, 0.3) is 0 Å². The summed E-state index contributed by atoms with van der Waals surface area (Å²) in [5, 5.41) is 25.9. The Bertz CT molecular complexity index is 438. The maximum Gasteiger partial charge on any atom is 0.306 e. The molecule has 0 radical (unpaired) electrons. The Hall–Kier alpha value is -2.12. The number of nitrogens with zero attached hydrogens (tertiary/aromatic N) is 4. The molecule has 0 fully saturated rings. The van der Waals surface area contributed by atoms with Crippen LogP contribution in [0.4, 0.5) is 5.69 Å². The third kappa shape index (κ3) is 3.16. The molecule has 17 heavy (non-hydrogen) atoms. The van der Waals surface area contributed by atoms with Gasteiger partial charge in [-0.15, -0.1) is 0 Å². The molecule has 1 heterocycles. The molecular weight excluding hydrogens is 226 g/mol. The van der Waals surface area contributed by atoms with E-state index in [1.54, 1.807) is 0 Å². The molecule has 0 aliphatic rings. The summed E-state index contributed by atoms with van der Waals surface area (Å²) in [5.41, 5.74) is 4.99. The van der Waals surface area contributed by atoms with E-state index < -0.39 is 10.3 Å². The zero-order valence-electron chi connectivity index (χ0n) is 9.70. The highest BCUT2D eigenvalue weighted by Crippen LogP contribution is 2.21. The van der Waals surface area contributed by atoms with Crippen LogP contribution in [-0.4, -0.2) is 25.7 Å². The molecule has 0 unspecified atom stereocenters. The molecule has 8 heteroatoms. The molecule has 0 spiro atoms. The van der Waals surface area contributed by atoms with Crippen LogP contribution >= 0.6 is 0 Å². The van der Waals surface area contributed by atoms with Crippen molar-refractivity contribution in [2.75, 3.05) is 0 Å². The van der Waals surface area contributed by atoms with Gasteiger partial charge in [0.05, 0.1) is 4.92 Å². The van der Waals surface area contributed by atoms with Gasteiger partial charge in [-0.2, -0.15) is 5.10 Å². The zero-order valence-corrected chi connectivity index (χ0v) is 9.70. The molecular formula is C9H15N5O3. The van der Waals surface area contributed by atoms with Gasteiger partial charge in [-0.25, -0.2) is 0 Å². The molecule has 0 saturated heterocycles. The van der Waals surface area contributed by atoms with E-state index in [0.717, 1.165) is 0 Å². The van der Waals surface area contributed by atoms with Gasteiger partial charge in [0.25, 0.3) is 0 Å². The first kappa shape index (κ1) is 12.9. The van der Waals surface area contributed by atoms with Gasteiger partial charge in [0, 0.05) is 12.0 Å². The minimum atomic E-state index is -0.502. The average molecular weight is 241 g/mol. The molecule has 0 aliphatic carbocycles. The molecule has 94 valence electrons. The van der Waals surface area contributed by atoms with E-state index in [-0.39, 0.29) is 11.5 Å². The fourth-order valence-electron chi connectivity index (χ4n) is 1.23. The van der Waals surface area contributed by atoms with Crippen molar-refractivity contribution in [3.8, 4) is 0 Å². The van der Waals surface area contributed by atoms with Crippen LogP contribution in [0, 0.1) is 15.5 Å². The average Bonchev–Trinajstić information content (AvgIpc) is 2.74. The number of hydrogen-bond acceptors (Lipinski definition) is 5. The van der Waals surface area contributed by atoms with Gasteiger partial charge in [-0.05, 0) is 6.42 Å². The van der Waals surface area contributed by atoms with Gasteiger partial charge >= 0.3 is 5.69 Å². The monoisotopic (exact) mass is 241 g/mol. The lowest BCUT2D eigenvalue weighted by Crippen LogP contribution is -2.33. The fourth-order valence-corrected chi connectivity index (χ4v) is 1.23. The van der Waals surface area contributed by atoms with Crippen LogP contribution in [0.3, 0.4) is 0 Å². The molecule has 3 N–H and O–H groups in total. The number of nitro groups is 1. The second-order valence-corrected chi connectivity index (χ2v) is 4.34. The van der Waals surface area contributed by atoms with Gasteiger partial charge in [0.2, 0.25) is 0 Å². The van der Waals surface area contributed by atoms with Crippen molar-refractivity contribution in [2.45, 2.75) is 26.8 Å². The highest BCUT2D eigenvalue weighted by Gasteiger charge is 2.23. The number of rotatable bonds is 5. The molecule has 0 bridgehead atoms. The molecule has 0 aromatic carbocycles. The van der Waals surface area contributed by atoms with Gasteiger partial charge in [-0.1, -0.05) is 19.0 Å². The highest BCUT2D eigenvalue weighted by molar-refractivity contribution is 5.85. The summed E-state index contributed by atoms with van der Waals surface area (Å²) in [6, 6.07) is 0. The molecule has 0 atom stereocenters. The number of aromatic nitrogens is 2. The first-order valence-electron chi connectivity index (χ1n) is 5.01. The third-order valence-corrected chi connectivity index (χ3v) is 2.60. The largest absolute Gasteiger partial charge is 0.409 e. The van der Waals surface area contributed by atoms with E-state index in [1.165, 1.54) is 17.1 Å². The van der Waals surface area contributed by atoms with Gasteiger partial charge in [0.15, 0.2) is 0 Å². The summed E-state index contributed by atoms with van der Waals surface area (Å²) >= 11 is 0. The smallest absolute Gasteiger partial charge is 0.306 e. The lowest BCUT2D eigenvalue weighted by atomic mass is 9.88. The third-order valence-electron chi connectivity index (χ3n) is 2.60. The molecule has 8 nitrogen and oxygen atoms in total. The second kappa shape index (κ2) is 4.81. The van der Waals surface area contributed by atoms with Crippen LogP contribution in [-0.2, 0) is 6.54 Å². The van der Waals surface area contributed by atoms with Crippen molar-refractivity contribution < 1.29 is 10.1 Å². The minimum absolute atomic E-state index is 0.0494. The van der Waals surface area contributed by atoms with Crippen molar-refractivity contribution in [3.05, 3.63) is 22.5 Å². The van der Waals surface area contributed by atoms with Crippen LogP contribution in [0.2, 0.25) is 0 Å². The Kier molecular flexibility index (Phi) is 3.66. The Labute approximate surface area is 97.9 Å². The van der Waals surface area contributed by atoms with Crippen LogP contribution < -0.4 is 5.73 Å². The predicted molar refractivity (Wildman–Crippen MR) is 60.7 cm³/mol. The van der Waals surface area contributed by atoms with Crippen LogP contribution in [0.5, 0.6) is 0 Å². The molecule has 0 aliphatic heterocycles. The number of oxime groups is 1. The minimum Gasteiger partial charge on any atom is -0.409 e. The molecule has 0 saturated carbocycles. The van der Waals surface area contributed by atoms with Crippen LogP contribution in [0.15, 0.2) is 17.5 Å². The van der Waals surface area contributed by atoms with E-state index in [1.807, 2.05) is 13.8 Å². The summed E-state index contributed by atoms with van der Waals surface area (Å²) in [5.74, 6) is 0.124. The highest BCUT2D eigenvalue weighted by atomic mass is 16.6. The maximum absolute atomic E-state index is 10.5. The predicted octanol–water partition coefficient (Wildman–Crippen LogP) is 0.954. The topological polar surface area (TPSA) is 120 Å². The van der Waals surface area contributed by atoms with Crippen molar-refractivity contribution in [1.82, 2.24) is 9.78 Å². The van der Waals surface area contributed by atoms with Gasteiger partial charge < -0.3 is 10.9 Å². The van der Waals surface area contributed by atoms with E-state index in [2.05, 4.69) is 10.3 Å². The lowest BCUT2D eigenvalue weighted by molar-refractivity contribution is -0.385. The standard InChI is InChI=1S/C9H15N5O3/c1-9(2,8(10)12-15)3-4-13-6-7(5-11-13)14(16)17/h5-6,15H,3-4H2,1-2H3,(H2,10,12). The summed E-state index contributed by atoms with van der Waals surface area (Å²) in [4.78, 5) is 9.95. The fraction of sp³-hybridized carbons (Fsp3) is 0.556. The quantitative estimate of drug-likeness (QED) is 0.261. The summed E-state index contributed by atoms with van der Waals surface area (Å²) in [6.45, 7) is 4.09.